The summed E-state index contributed by atoms with van der Waals surface area (Å²) in [6.07, 6.45) is 0.966. The molecule has 0 unspecified atom stereocenters. The monoisotopic (exact) mass is 366 g/mol. The van der Waals surface area contributed by atoms with Gasteiger partial charge in [0.2, 0.25) is 5.13 Å². The standard InChI is InChI=1S/C17H26N4OS2/c1-4-22-11-7-10-18-16-19-21(17(23)24-16)13-20(3)12-15-9-6-5-8-14(15)2/h5-6,8-9H,4,7,10-13H2,1-3H3,(H,18,19). The maximum absolute atomic E-state index is 5.43. The van der Waals surface area contributed by atoms with Crippen LogP contribution in [0.4, 0.5) is 5.13 Å². The molecule has 0 aliphatic carbocycles. The lowest BCUT2D eigenvalue weighted by Gasteiger charge is -2.17. The zero-order valence-electron chi connectivity index (χ0n) is 14.6. The van der Waals surface area contributed by atoms with Crippen LogP contribution in [-0.4, -0.2) is 41.5 Å². The molecule has 0 fully saturated rings. The second-order valence-corrected chi connectivity index (χ2v) is 7.35. The maximum atomic E-state index is 5.43. The number of hydrogen-bond donors (Lipinski definition) is 1. The number of hydrogen-bond acceptors (Lipinski definition) is 6. The summed E-state index contributed by atoms with van der Waals surface area (Å²) >= 11 is 6.95. The first-order chi connectivity index (χ1) is 11.6. The second-order valence-electron chi connectivity index (χ2n) is 5.73. The number of aromatic nitrogens is 2. The molecule has 132 valence electrons. The molecule has 0 aliphatic rings. The zero-order chi connectivity index (χ0) is 17.4. The van der Waals surface area contributed by atoms with E-state index in [1.54, 1.807) is 0 Å². The summed E-state index contributed by atoms with van der Waals surface area (Å²) in [5.74, 6) is 0. The van der Waals surface area contributed by atoms with E-state index in [0.717, 1.165) is 41.8 Å². The van der Waals surface area contributed by atoms with Crippen LogP contribution in [0.2, 0.25) is 0 Å². The largest absolute Gasteiger partial charge is 0.382 e. The molecule has 0 aliphatic heterocycles. The highest BCUT2D eigenvalue weighted by atomic mass is 32.1. The minimum atomic E-state index is 0.685. The Morgan fingerprint density at radius 3 is 2.92 bits per heavy atom. The van der Waals surface area contributed by atoms with Crippen LogP contribution < -0.4 is 5.32 Å². The van der Waals surface area contributed by atoms with E-state index in [0.29, 0.717) is 6.67 Å². The van der Waals surface area contributed by atoms with Crippen LogP contribution in [0, 0.1) is 10.9 Å². The lowest BCUT2D eigenvalue weighted by molar-refractivity contribution is 0.147. The van der Waals surface area contributed by atoms with Crippen molar-refractivity contribution in [3.63, 3.8) is 0 Å². The van der Waals surface area contributed by atoms with Gasteiger partial charge in [0, 0.05) is 26.3 Å². The van der Waals surface area contributed by atoms with Gasteiger partial charge in [-0.2, -0.15) is 0 Å². The van der Waals surface area contributed by atoms with Crippen molar-refractivity contribution in [3.8, 4) is 0 Å². The minimum Gasteiger partial charge on any atom is -0.382 e. The van der Waals surface area contributed by atoms with Crippen LogP contribution in [0.15, 0.2) is 24.3 Å². The summed E-state index contributed by atoms with van der Waals surface area (Å²) in [5, 5.41) is 8.76. The van der Waals surface area contributed by atoms with Crippen molar-refractivity contribution in [2.24, 2.45) is 0 Å². The third-order valence-electron chi connectivity index (χ3n) is 3.63. The summed E-state index contributed by atoms with van der Waals surface area (Å²) in [6, 6.07) is 8.45. The Morgan fingerprint density at radius 1 is 1.38 bits per heavy atom. The third kappa shape index (κ3) is 5.98. The first-order valence-corrected chi connectivity index (χ1v) is 9.45. The van der Waals surface area contributed by atoms with Crippen LogP contribution in [0.3, 0.4) is 0 Å². The topological polar surface area (TPSA) is 42.3 Å². The molecule has 2 rings (SSSR count). The van der Waals surface area contributed by atoms with Crippen LogP contribution in [0.5, 0.6) is 0 Å². The van der Waals surface area contributed by atoms with Crippen molar-refractivity contribution < 1.29 is 4.74 Å². The summed E-state index contributed by atoms with van der Waals surface area (Å²) in [7, 11) is 2.09. The van der Waals surface area contributed by atoms with Gasteiger partial charge < -0.3 is 10.1 Å². The fourth-order valence-electron chi connectivity index (χ4n) is 2.34. The lowest BCUT2D eigenvalue weighted by Crippen LogP contribution is -2.23. The van der Waals surface area contributed by atoms with E-state index in [1.165, 1.54) is 22.5 Å². The van der Waals surface area contributed by atoms with Crippen molar-refractivity contribution in [3.05, 3.63) is 39.3 Å². The smallest absolute Gasteiger partial charge is 0.204 e. The van der Waals surface area contributed by atoms with Crippen LogP contribution in [0.1, 0.15) is 24.5 Å². The van der Waals surface area contributed by atoms with Gasteiger partial charge in [-0.25, -0.2) is 4.68 Å². The number of nitrogens with zero attached hydrogens (tertiary/aromatic N) is 3. The van der Waals surface area contributed by atoms with Gasteiger partial charge in [0.15, 0.2) is 3.95 Å². The molecule has 1 aromatic heterocycles. The average molecular weight is 367 g/mol. The second kappa shape index (κ2) is 9.88. The average Bonchev–Trinajstić information content (AvgIpc) is 2.89. The molecule has 1 heterocycles. The van der Waals surface area contributed by atoms with Crippen LogP contribution in [-0.2, 0) is 18.0 Å². The molecule has 2 aromatic rings. The molecule has 7 heteroatoms. The fourth-order valence-corrected chi connectivity index (χ4v) is 3.36. The summed E-state index contributed by atoms with van der Waals surface area (Å²) in [6.45, 7) is 8.10. The summed E-state index contributed by atoms with van der Waals surface area (Å²) in [4.78, 5) is 2.22. The summed E-state index contributed by atoms with van der Waals surface area (Å²) < 4.78 is 8.00. The number of benzene rings is 1. The molecule has 0 bridgehead atoms. The van der Waals surface area contributed by atoms with E-state index >= 15 is 0 Å². The van der Waals surface area contributed by atoms with Gasteiger partial charge in [-0.15, -0.1) is 5.10 Å². The van der Waals surface area contributed by atoms with Gasteiger partial charge >= 0.3 is 0 Å². The number of rotatable bonds is 10. The summed E-state index contributed by atoms with van der Waals surface area (Å²) in [5.41, 5.74) is 2.64. The van der Waals surface area contributed by atoms with E-state index in [-0.39, 0.29) is 0 Å². The zero-order valence-corrected chi connectivity index (χ0v) is 16.3. The minimum absolute atomic E-state index is 0.685. The van der Waals surface area contributed by atoms with E-state index in [9.17, 15) is 0 Å². The Kier molecular flexibility index (Phi) is 7.84. The Balaban J connectivity index is 1.86. The van der Waals surface area contributed by atoms with Gasteiger partial charge in [0.05, 0.1) is 6.67 Å². The third-order valence-corrected chi connectivity index (χ3v) is 4.89. The van der Waals surface area contributed by atoms with Crippen LogP contribution >= 0.6 is 23.6 Å². The number of nitrogens with one attached hydrogen (secondary N) is 1. The van der Waals surface area contributed by atoms with E-state index < -0.39 is 0 Å². The molecule has 5 nitrogen and oxygen atoms in total. The van der Waals surface area contributed by atoms with Crippen molar-refractivity contribution >= 4 is 28.7 Å². The molecule has 0 saturated carbocycles. The van der Waals surface area contributed by atoms with Crippen molar-refractivity contribution in [1.29, 1.82) is 0 Å². The molecule has 0 atom stereocenters. The van der Waals surface area contributed by atoms with Gasteiger partial charge in [-0.3, -0.25) is 4.90 Å². The van der Waals surface area contributed by atoms with Gasteiger partial charge in [-0.05, 0) is 50.7 Å². The Labute approximate surface area is 153 Å². The SMILES string of the molecule is CCOCCCNc1nn(CN(C)Cc2ccccc2C)c(=S)s1. The Bertz CT molecular complexity index is 683. The van der Waals surface area contributed by atoms with Crippen LogP contribution in [0.25, 0.3) is 0 Å². The lowest BCUT2D eigenvalue weighted by atomic mass is 10.1. The van der Waals surface area contributed by atoms with Gasteiger partial charge in [0.25, 0.3) is 0 Å². The highest BCUT2D eigenvalue weighted by Crippen LogP contribution is 2.15. The molecule has 0 spiro atoms. The highest BCUT2D eigenvalue weighted by Gasteiger charge is 2.07. The predicted molar refractivity (Wildman–Crippen MR) is 103 cm³/mol. The number of anilines is 1. The van der Waals surface area contributed by atoms with Gasteiger partial charge in [0.1, 0.15) is 0 Å². The van der Waals surface area contributed by atoms with E-state index in [1.807, 2.05) is 11.6 Å². The molecular formula is C17H26N4OS2. The normalized spacial score (nSPS) is 11.2. The molecule has 0 amide bonds. The Morgan fingerprint density at radius 2 is 2.17 bits per heavy atom. The van der Waals surface area contributed by atoms with Crippen molar-refractivity contribution in [1.82, 2.24) is 14.7 Å². The molecule has 1 N–H and O–H groups in total. The molecule has 1 aromatic carbocycles. The molecule has 0 radical (unpaired) electrons. The number of ether oxygens (including phenoxy) is 1. The first-order valence-electron chi connectivity index (χ1n) is 8.22. The first kappa shape index (κ1) is 19.1. The van der Waals surface area contributed by atoms with Gasteiger partial charge in [-0.1, -0.05) is 35.6 Å². The molecular weight excluding hydrogens is 340 g/mol. The predicted octanol–water partition coefficient (Wildman–Crippen LogP) is 3.91. The molecule has 0 saturated heterocycles. The Hall–Kier alpha value is -1.28. The number of aryl methyl sites for hydroxylation is 1. The quantitative estimate of drug-likeness (QED) is 0.510. The highest BCUT2D eigenvalue weighted by molar-refractivity contribution is 7.73. The maximum Gasteiger partial charge on any atom is 0.204 e. The van der Waals surface area contributed by atoms with Crippen molar-refractivity contribution in [2.75, 3.05) is 32.1 Å². The van der Waals surface area contributed by atoms with E-state index in [2.05, 4.69) is 53.6 Å². The van der Waals surface area contributed by atoms with E-state index in [4.69, 9.17) is 17.0 Å². The molecule has 24 heavy (non-hydrogen) atoms. The van der Waals surface area contributed by atoms with Crippen molar-refractivity contribution in [2.45, 2.75) is 33.5 Å². The fraction of sp³-hybridized carbons (Fsp3) is 0.529.